The zero-order chi connectivity index (χ0) is 11.4. The van der Waals surface area contributed by atoms with Crippen LogP contribution in [0.4, 0.5) is 15.8 Å². The molecule has 0 radical (unpaired) electrons. The normalized spacial score (nSPS) is 12.9. The number of nitrogens with two attached hydrogens (primary N) is 1. The summed E-state index contributed by atoms with van der Waals surface area (Å²) in [7, 11) is 0. The highest BCUT2D eigenvalue weighted by Crippen LogP contribution is 2.19. The van der Waals surface area contributed by atoms with E-state index < -0.39 is 6.10 Å². The van der Waals surface area contributed by atoms with E-state index in [9.17, 15) is 9.50 Å². The summed E-state index contributed by atoms with van der Waals surface area (Å²) in [6, 6.07) is 4.13. The third-order valence-electron chi connectivity index (χ3n) is 2.29. The van der Waals surface area contributed by atoms with Crippen molar-refractivity contribution >= 4 is 11.4 Å². The van der Waals surface area contributed by atoms with Gasteiger partial charge >= 0.3 is 0 Å². The Hall–Kier alpha value is -1.29. The Morgan fingerprint density at radius 3 is 2.73 bits per heavy atom. The molecule has 0 saturated heterocycles. The smallest absolute Gasteiger partial charge is 0.125 e. The maximum absolute atomic E-state index is 12.9. The second-order valence-electron chi connectivity index (χ2n) is 3.92. The van der Waals surface area contributed by atoms with E-state index in [1.54, 1.807) is 0 Å². The highest BCUT2D eigenvalue weighted by Gasteiger charge is 2.09. The van der Waals surface area contributed by atoms with Crippen molar-refractivity contribution in [1.29, 1.82) is 0 Å². The Bertz CT molecular complexity index is 328. The molecule has 0 heterocycles. The molecule has 1 unspecified atom stereocenters. The minimum Gasteiger partial charge on any atom is -0.397 e. The fourth-order valence-corrected chi connectivity index (χ4v) is 1.13. The summed E-state index contributed by atoms with van der Waals surface area (Å²) >= 11 is 0. The molecule has 0 saturated carbocycles. The Morgan fingerprint density at radius 1 is 1.47 bits per heavy atom. The predicted molar refractivity (Wildman–Crippen MR) is 60.1 cm³/mol. The third kappa shape index (κ3) is 3.40. The van der Waals surface area contributed by atoms with Crippen LogP contribution in [0.15, 0.2) is 18.2 Å². The van der Waals surface area contributed by atoms with E-state index in [4.69, 9.17) is 5.73 Å². The standard InChI is InChI=1S/C11H17FN2O/c1-7(2)11(15)6-14-10-5-8(12)3-4-9(10)13/h3-5,7,11,14-15H,6,13H2,1-2H3. The molecule has 0 aliphatic carbocycles. The number of benzene rings is 1. The molecule has 4 N–H and O–H groups in total. The lowest BCUT2D eigenvalue weighted by Crippen LogP contribution is -2.25. The number of nitrogens with one attached hydrogen (secondary N) is 1. The molecule has 0 amide bonds. The number of rotatable bonds is 4. The molecule has 0 aliphatic heterocycles. The molecule has 3 nitrogen and oxygen atoms in total. The summed E-state index contributed by atoms with van der Waals surface area (Å²) in [5.74, 6) is -0.182. The first kappa shape index (κ1) is 11.8. The predicted octanol–water partition coefficient (Wildman–Crippen LogP) is 1.84. The molecular formula is C11H17FN2O. The molecule has 84 valence electrons. The van der Waals surface area contributed by atoms with Crippen LogP contribution in [0.5, 0.6) is 0 Å². The van der Waals surface area contributed by atoms with Crippen molar-refractivity contribution in [2.75, 3.05) is 17.6 Å². The van der Waals surface area contributed by atoms with E-state index in [2.05, 4.69) is 5.32 Å². The van der Waals surface area contributed by atoms with E-state index in [-0.39, 0.29) is 11.7 Å². The quantitative estimate of drug-likeness (QED) is 0.667. The number of aliphatic hydroxyl groups excluding tert-OH is 1. The van der Waals surface area contributed by atoms with Crippen LogP contribution in [0, 0.1) is 11.7 Å². The van der Waals surface area contributed by atoms with Crippen LogP contribution in [0.25, 0.3) is 0 Å². The topological polar surface area (TPSA) is 58.3 Å². The van der Waals surface area contributed by atoms with E-state index in [0.29, 0.717) is 17.9 Å². The number of halogens is 1. The number of nitrogen functional groups attached to an aromatic ring is 1. The lowest BCUT2D eigenvalue weighted by atomic mass is 10.1. The van der Waals surface area contributed by atoms with Crippen molar-refractivity contribution in [3.8, 4) is 0 Å². The molecule has 1 aromatic carbocycles. The fraction of sp³-hybridized carbons (Fsp3) is 0.455. The number of hydrogen-bond acceptors (Lipinski definition) is 3. The average Bonchev–Trinajstić information content (AvgIpc) is 2.18. The van der Waals surface area contributed by atoms with Crippen LogP contribution in [0.3, 0.4) is 0 Å². The van der Waals surface area contributed by atoms with Crippen molar-refractivity contribution in [3.05, 3.63) is 24.0 Å². The summed E-state index contributed by atoms with van der Waals surface area (Å²) in [5.41, 5.74) is 6.64. The minimum atomic E-state index is -0.465. The first-order valence-electron chi connectivity index (χ1n) is 4.97. The summed E-state index contributed by atoms with van der Waals surface area (Å²) in [6.07, 6.45) is -0.465. The van der Waals surface area contributed by atoms with Crippen LogP contribution >= 0.6 is 0 Å². The molecule has 1 aromatic rings. The highest BCUT2D eigenvalue weighted by atomic mass is 19.1. The van der Waals surface area contributed by atoms with Gasteiger partial charge in [-0.1, -0.05) is 13.8 Å². The van der Waals surface area contributed by atoms with Gasteiger partial charge in [-0.15, -0.1) is 0 Å². The van der Waals surface area contributed by atoms with Gasteiger partial charge < -0.3 is 16.2 Å². The van der Waals surface area contributed by atoms with Gasteiger partial charge in [-0.2, -0.15) is 0 Å². The summed E-state index contributed by atoms with van der Waals surface area (Å²) in [6.45, 7) is 4.20. The van der Waals surface area contributed by atoms with Gasteiger partial charge in [0.1, 0.15) is 5.82 Å². The summed E-state index contributed by atoms with van der Waals surface area (Å²) in [4.78, 5) is 0. The van der Waals surface area contributed by atoms with E-state index in [1.807, 2.05) is 13.8 Å². The number of hydrogen-bond donors (Lipinski definition) is 3. The van der Waals surface area contributed by atoms with Crippen LogP contribution in [0.2, 0.25) is 0 Å². The molecule has 1 rings (SSSR count). The average molecular weight is 212 g/mol. The third-order valence-corrected chi connectivity index (χ3v) is 2.29. The van der Waals surface area contributed by atoms with E-state index in [0.717, 1.165) is 0 Å². The van der Waals surface area contributed by atoms with Crippen molar-refractivity contribution in [2.24, 2.45) is 5.92 Å². The number of anilines is 2. The van der Waals surface area contributed by atoms with Crippen molar-refractivity contribution in [3.63, 3.8) is 0 Å². The Balaban J connectivity index is 2.61. The molecule has 0 fully saturated rings. The summed E-state index contributed by atoms with van der Waals surface area (Å²) < 4.78 is 12.9. The Kier molecular flexibility index (Phi) is 3.91. The fourth-order valence-electron chi connectivity index (χ4n) is 1.13. The van der Waals surface area contributed by atoms with Crippen LogP contribution < -0.4 is 11.1 Å². The van der Waals surface area contributed by atoms with Crippen LogP contribution in [0.1, 0.15) is 13.8 Å². The molecule has 1 atom stereocenters. The maximum Gasteiger partial charge on any atom is 0.125 e. The maximum atomic E-state index is 12.9. The van der Waals surface area contributed by atoms with Gasteiger partial charge in [0.25, 0.3) is 0 Å². The zero-order valence-corrected chi connectivity index (χ0v) is 9.00. The van der Waals surface area contributed by atoms with Crippen molar-refractivity contribution in [2.45, 2.75) is 20.0 Å². The molecule has 0 bridgehead atoms. The lowest BCUT2D eigenvalue weighted by Gasteiger charge is -2.16. The number of aliphatic hydroxyl groups is 1. The monoisotopic (exact) mass is 212 g/mol. The van der Waals surface area contributed by atoms with Gasteiger partial charge in [0.05, 0.1) is 17.5 Å². The van der Waals surface area contributed by atoms with Crippen molar-refractivity contribution in [1.82, 2.24) is 0 Å². The molecular weight excluding hydrogens is 195 g/mol. The van der Waals surface area contributed by atoms with Gasteiger partial charge in [-0.25, -0.2) is 4.39 Å². The van der Waals surface area contributed by atoms with Crippen LogP contribution in [-0.4, -0.2) is 17.8 Å². The minimum absolute atomic E-state index is 0.160. The molecule has 0 aromatic heterocycles. The second kappa shape index (κ2) is 4.98. The van der Waals surface area contributed by atoms with Crippen molar-refractivity contribution < 1.29 is 9.50 Å². The SMILES string of the molecule is CC(C)C(O)CNc1cc(F)ccc1N. The lowest BCUT2D eigenvalue weighted by molar-refractivity contribution is 0.138. The first-order valence-corrected chi connectivity index (χ1v) is 4.97. The van der Waals surface area contributed by atoms with Crippen LogP contribution in [-0.2, 0) is 0 Å². The first-order chi connectivity index (χ1) is 7.00. The second-order valence-corrected chi connectivity index (χ2v) is 3.92. The molecule has 15 heavy (non-hydrogen) atoms. The van der Waals surface area contributed by atoms with Gasteiger partial charge in [0.15, 0.2) is 0 Å². The Labute approximate surface area is 89.1 Å². The zero-order valence-electron chi connectivity index (χ0n) is 9.00. The van der Waals surface area contributed by atoms with Gasteiger partial charge in [-0.05, 0) is 24.1 Å². The van der Waals surface area contributed by atoms with Gasteiger partial charge in [0.2, 0.25) is 0 Å². The van der Waals surface area contributed by atoms with Gasteiger partial charge in [-0.3, -0.25) is 0 Å². The molecule has 0 spiro atoms. The highest BCUT2D eigenvalue weighted by molar-refractivity contribution is 5.65. The molecule has 0 aliphatic rings. The summed E-state index contributed by atoms with van der Waals surface area (Å²) in [5, 5.41) is 12.5. The Morgan fingerprint density at radius 2 is 2.13 bits per heavy atom. The largest absolute Gasteiger partial charge is 0.397 e. The van der Waals surface area contributed by atoms with E-state index >= 15 is 0 Å². The van der Waals surface area contributed by atoms with E-state index in [1.165, 1.54) is 18.2 Å². The van der Waals surface area contributed by atoms with Gasteiger partial charge in [0, 0.05) is 6.54 Å². The molecule has 4 heteroatoms.